The van der Waals surface area contributed by atoms with E-state index in [4.69, 9.17) is 5.73 Å². The fraction of sp³-hybridized carbons (Fsp3) is 0.250. The molecule has 0 unspecified atom stereocenters. The van der Waals surface area contributed by atoms with Crippen molar-refractivity contribution >= 4 is 11.6 Å². The number of hydrogen-bond acceptors (Lipinski definition) is 5. The van der Waals surface area contributed by atoms with Gasteiger partial charge in [-0.2, -0.15) is 10.2 Å². The van der Waals surface area contributed by atoms with Crippen LogP contribution in [0.25, 0.3) is 0 Å². The van der Waals surface area contributed by atoms with Crippen LogP contribution in [0.2, 0.25) is 0 Å². The molecule has 8 nitrogen and oxygen atoms in total. The Morgan fingerprint density at radius 1 is 1.44 bits per heavy atom. The fourth-order valence-corrected chi connectivity index (χ4v) is 1.21. The Morgan fingerprint density at radius 3 is 2.94 bits per heavy atom. The zero-order valence-electron chi connectivity index (χ0n) is 8.40. The van der Waals surface area contributed by atoms with Crippen molar-refractivity contribution in [3.8, 4) is 0 Å². The van der Waals surface area contributed by atoms with E-state index in [0.29, 0.717) is 18.7 Å². The molecule has 0 saturated carbocycles. The lowest BCUT2D eigenvalue weighted by atomic mass is 10.3. The fourth-order valence-electron chi connectivity index (χ4n) is 1.21. The van der Waals surface area contributed by atoms with Gasteiger partial charge >= 0.3 is 0 Å². The van der Waals surface area contributed by atoms with Crippen molar-refractivity contribution in [3.05, 3.63) is 24.0 Å². The Labute approximate surface area is 90.6 Å². The number of nitrogens with zero attached hydrogens (tertiary/aromatic N) is 3. The molecule has 0 bridgehead atoms. The van der Waals surface area contributed by atoms with E-state index in [1.165, 1.54) is 12.5 Å². The van der Waals surface area contributed by atoms with E-state index < -0.39 is 0 Å². The highest BCUT2D eigenvalue weighted by Gasteiger charge is 2.10. The summed E-state index contributed by atoms with van der Waals surface area (Å²) in [5, 5.41) is 15.3. The summed E-state index contributed by atoms with van der Waals surface area (Å²) in [7, 11) is 0. The maximum absolute atomic E-state index is 11.5. The predicted molar refractivity (Wildman–Crippen MR) is 55.4 cm³/mol. The smallest absolute Gasteiger partial charge is 0.271 e. The molecular weight excluding hydrogens is 210 g/mol. The Bertz CT molecular complexity index is 460. The van der Waals surface area contributed by atoms with Crippen molar-refractivity contribution in [2.45, 2.75) is 6.42 Å². The largest absolute Gasteiger partial charge is 0.396 e. The number of aromatic amines is 2. The van der Waals surface area contributed by atoms with E-state index in [1.54, 1.807) is 0 Å². The number of amides is 1. The van der Waals surface area contributed by atoms with E-state index in [1.807, 2.05) is 0 Å². The van der Waals surface area contributed by atoms with Gasteiger partial charge < -0.3 is 11.1 Å². The summed E-state index contributed by atoms with van der Waals surface area (Å²) in [6.45, 7) is 0.451. The summed E-state index contributed by atoms with van der Waals surface area (Å²) in [5.41, 5.74) is 6.13. The van der Waals surface area contributed by atoms with Crippen molar-refractivity contribution < 1.29 is 4.79 Å². The molecule has 2 rings (SSSR count). The lowest BCUT2D eigenvalue weighted by Crippen LogP contribution is -2.27. The molecule has 1 amide bonds. The maximum Gasteiger partial charge on any atom is 0.271 e. The minimum atomic E-state index is -0.283. The molecule has 0 saturated heterocycles. The van der Waals surface area contributed by atoms with Gasteiger partial charge in [-0.05, 0) is 0 Å². The number of nitrogen functional groups attached to an aromatic ring is 1. The molecule has 5 N–H and O–H groups in total. The highest BCUT2D eigenvalue weighted by atomic mass is 16.1. The van der Waals surface area contributed by atoms with E-state index in [-0.39, 0.29) is 11.6 Å². The standard InChI is InChI=1S/C8H11N7O/c9-5-3-12-15-7(5)8(16)10-2-1-6-11-4-13-14-6/h3-4H,1-2,9H2,(H,10,16)(H,12,15)(H,11,13,14). The van der Waals surface area contributed by atoms with Gasteiger partial charge in [0.15, 0.2) is 0 Å². The number of carbonyl (C=O) groups is 1. The molecule has 0 atom stereocenters. The first-order valence-electron chi connectivity index (χ1n) is 4.68. The number of hydrogen-bond donors (Lipinski definition) is 4. The van der Waals surface area contributed by atoms with Crippen LogP contribution in [-0.4, -0.2) is 37.8 Å². The summed E-state index contributed by atoms with van der Waals surface area (Å²) >= 11 is 0. The molecule has 0 aliphatic heterocycles. The number of H-pyrrole nitrogens is 2. The van der Waals surface area contributed by atoms with Gasteiger partial charge in [-0.15, -0.1) is 0 Å². The number of carbonyl (C=O) groups excluding carboxylic acids is 1. The van der Waals surface area contributed by atoms with E-state index in [2.05, 4.69) is 30.7 Å². The third-order valence-electron chi connectivity index (χ3n) is 2.01. The quantitative estimate of drug-likeness (QED) is 0.531. The van der Waals surface area contributed by atoms with Crippen LogP contribution in [0.3, 0.4) is 0 Å². The van der Waals surface area contributed by atoms with E-state index in [9.17, 15) is 4.79 Å². The van der Waals surface area contributed by atoms with Gasteiger partial charge in [0.25, 0.3) is 5.91 Å². The van der Waals surface area contributed by atoms with Crippen LogP contribution in [0.15, 0.2) is 12.5 Å². The van der Waals surface area contributed by atoms with Gasteiger partial charge in [0.05, 0.1) is 11.9 Å². The molecule has 84 valence electrons. The van der Waals surface area contributed by atoms with Crippen molar-refractivity contribution in [2.75, 3.05) is 12.3 Å². The average molecular weight is 221 g/mol. The van der Waals surface area contributed by atoms with Gasteiger partial charge in [-0.1, -0.05) is 0 Å². The third-order valence-corrected chi connectivity index (χ3v) is 2.01. The van der Waals surface area contributed by atoms with E-state index in [0.717, 1.165) is 5.82 Å². The van der Waals surface area contributed by atoms with Crippen LogP contribution in [0.5, 0.6) is 0 Å². The van der Waals surface area contributed by atoms with Gasteiger partial charge in [0.2, 0.25) is 0 Å². The molecular formula is C8H11N7O. The first-order valence-corrected chi connectivity index (χ1v) is 4.68. The van der Waals surface area contributed by atoms with Crippen LogP contribution in [-0.2, 0) is 6.42 Å². The first-order chi connectivity index (χ1) is 7.77. The number of aromatic nitrogens is 5. The van der Waals surface area contributed by atoms with E-state index >= 15 is 0 Å². The Morgan fingerprint density at radius 2 is 2.31 bits per heavy atom. The number of rotatable bonds is 4. The van der Waals surface area contributed by atoms with Crippen LogP contribution >= 0.6 is 0 Å². The summed E-state index contributed by atoms with van der Waals surface area (Å²) in [5.74, 6) is 0.437. The second-order valence-corrected chi connectivity index (χ2v) is 3.14. The molecule has 2 aromatic heterocycles. The van der Waals surface area contributed by atoms with Crippen molar-refractivity contribution in [2.24, 2.45) is 0 Å². The lowest BCUT2D eigenvalue weighted by Gasteiger charge is -2.02. The van der Waals surface area contributed by atoms with Gasteiger partial charge in [0, 0.05) is 13.0 Å². The Kier molecular flexibility index (Phi) is 2.81. The predicted octanol–water partition coefficient (Wildman–Crippen LogP) is -0.917. The van der Waals surface area contributed by atoms with Crippen LogP contribution in [0.1, 0.15) is 16.3 Å². The average Bonchev–Trinajstić information content (AvgIpc) is 2.88. The summed E-state index contributed by atoms with van der Waals surface area (Å²) in [6.07, 6.45) is 3.40. The van der Waals surface area contributed by atoms with Gasteiger partial charge in [0.1, 0.15) is 17.8 Å². The molecule has 8 heteroatoms. The highest BCUT2D eigenvalue weighted by Crippen LogP contribution is 2.04. The maximum atomic E-state index is 11.5. The topological polar surface area (TPSA) is 125 Å². The second kappa shape index (κ2) is 4.43. The minimum absolute atomic E-state index is 0.276. The lowest BCUT2D eigenvalue weighted by molar-refractivity contribution is 0.0950. The molecule has 0 aromatic carbocycles. The number of anilines is 1. The zero-order chi connectivity index (χ0) is 11.4. The molecule has 0 spiro atoms. The molecule has 0 aliphatic carbocycles. The third kappa shape index (κ3) is 2.16. The number of nitrogens with two attached hydrogens (primary N) is 1. The molecule has 2 aromatic rings. The molecule has 0 fully saturated rings. The highest BCUT2D eigenvalue weighted by molar-refractivity contribution is 5.96. The number of nitrogens with one attached hydrogen (secondary N) is 3. The SMILES string of the molecule is Nc1cn[nH]c1C(=O)NCCc1ncn[nH]1. The summed E-state index contributed by atoms with van der Waals surface area (Å²) < 4.78 is 0. The zero-order valence-corrected chi connectivity index (χ0v) is 8.40. The van der Waals surface area contributed by atoms with Crippen molar-refractivity contribution in [1.29, 1.82) is 0 Å². The Balaban J connectivity index is 1.83. The van der Waals surface area contributed by atoms with Gasteiger partial charge in [-0.25, -0.2) is 4.98 Å². The van der Waals surface area contributed by atoms with Crippen LogP contribution in [0.4, 0.5) is 5.69 Å². The minimum Gasteiger partial charge on any atom is -0.396 e. The first kappa shape index (κ1) is 10.1. The normalized spacial score (nSPS) is 10.2. The monoisotopic (exact) mass is 221 g/mol. The molecule has 16 heavy (non-hydrogen) atoms. The van der Waals surface area contributed by atoms with Crippen molar-refractivity contribution in [1.82, 2.24) is 30.7 Å². The molecule has 0 aliphatic rings. The molecule has 2 heterocycles. The van der Waals surface area contributed by atoms with Gasteiger partial charge in [-0.3, -0.25) is 15.0 Å². The summed E-state index contributed by atoms with van der Waals surface area (Å²) in [6, 6.07) is 0. The Hall–Kier alpha value is -2.38. The van der Waals surface area contributed by atoms with Crippen molar-refractivity contribution in [3.63, 3.8) is 0 Å². The molecule has 0 radical (unpaired) electrons. The van der Waals surface area contributed by atoms with Crippen LogP contribution < -0.4 is 11.1 Å². The van der Waals surface area contributed by atoms with Crippen LogP contribution in [0, 0.1) is 0 Å². The summed E-state index contributed by atoms with van der Waals surface area (Å²) in [4.78, 5) is 15.5. The second-order valence-electron chi connectivity index (χ2n) is 3.14.